The highest BCUT2D eigenvalue weighted by Gasteiger charge is 2.21. The van der Waals surface area contributed by atoms with Crippen LogP contribution in [0.3, 0.4) is 0 Å². The minimum absolute atomic E-state index is 0.155. The van der Waals surface area contributed by atoms with E-state index in [9.17, 15) is 9.59 Å². The Bertz CT molecular complexity index is 826. The monoisotopic (exact) mass is 349 g/mol. The summed E-state index contributed by atoms with van der Waals surface area (Å²) < 4.78 is 5.46. The Morgan fingerprint density at radius 1 is 0.923 bits per heavy atom. The van der Waals surface area contributed by atoms with Gasteiger partial charge in [0.2, 0.25) is 5.91 Å². The molecule has 2 aromatic rings. The number of ether oxygens (including phenoxy) is 1. The smallest absolute Gasteiger partial charge is 0.315 e. The number of fused-ring (bicyclic) bond motifs is 1. The molecule has 0 bridgehead atoms. The molecule has 1 aliphatic heterocycles. The highest BCUT2D eigenvalue weighted by Crippen LogP contribution is 2.25. The van der Waals surface area contributed by atoms with E-state index >= 15 is 0 Å². The minimum atomic E-state index is -0.259. The lowest BCUT2D eigenvalue weighted by molar-refractivity contribution is -0.133. The van der Waals surface area contributed by atoms with Gasteiger partial charge in [-0.2, -0.15) is 0 Å². The van der Waals surface area contributed by atoms with Crippen LogP contribution in [0.25, 0.3) is 0 Å². The zero-order valence-corrected chi connectivity index (χ0v) is 14.9. The molecule has 4 heteroatoms. The number of amides is 1. The van der Waals surface area contributed by atoms with Gasteiger partial charge < -0.3 is 9.64 Å². The zero-order valence-electron chi connectivity index (χ0n) is 14.9. The van der Waals surface area contributed by atoms with Crippen molar-refractivity contribution in [2.24, 2.45) is 0 Å². The Morgan fingerprint density at radius 2 is 1.69 bits per heavy atom. The van der Waals surface area contributed by atoms with Crippen molar-refractivity contribution in [1.82, 2.24) is 0 Å². The second kappa shape index (κ2) is 7.32. The highest BCUT2D eigenvalue weighted by molar-refractivity contribution is 5.95. The van der Waals surface area contributed by atoms with Gasteiger partial charge in [0.25, 0.3) is 0 Å². The van der Waals surface area contributed by atoms with Crippen LogP contribution in [0.4, 0.5) is 5.69 Å². The third-order valence-corrected chi connectivity index (χ3v) is 5.21. The van der Waals surface area contributed by atoms with Crippen molar-refractivity contribution >= 4 is 17.6 Å². The summed E-state index contributed by atoms with van der Waals surface area (Å²) in [5, 5.41) is 0. The molecule has 1 heterocycles. The van der Waals surface area contributed by atoms with E-state index in [0.717, 1.165) is 37.1 Å². The summed E-state index contributed by atoms with van der Waals surface area (Å²) in [6.07, 6.45) is 6.52. The lowest BCUT2D eigenvalue weighted by atomic mass is 9.90. The van der Waals surface area contributed by atoms with E-state index in [-0.39, 0.29) is 18.3 Å². The Balaban J connectivity index is 1.38. The van der Waals surface area contributed by atoms with Crippen molar-refractivity contribution < 1.29 is 14.3 Å². The van der Waals surface area contributed by atoms with E-state index in [4.69, 9.17) is 4.74 Å². The molecule has 0 aromatic heterocycles. The molecular formula is C22H23NO3. The van der Waals surface area contributed by atoms with Crippen LogP contribution in [0, 0.1) is 0 Å². The molecule has 0 radical (unpaired) electrons. The maximum Gasteiger partial charge on any atom is 0.315 e. The number of carbonyl (C=O) groups excluding carboxylic acids is 2. The fourth-order valence-electron chi connectivity index (χ4n) is 3.85. The Labute approximate surface area is 153 Å². The topological polar surface area (TPSA) is 46.6 Å². The number of rotatable bonds is 4. The van der Waals surface area contributed by atoms with Crippen LogP contribution in [0.2, 0.25) is 0 Å². The summed E-state index contributed by atoms with van der Waals surface area (Å²) in [4.78, 5) is 25.8. The van der Waals surface area contributed by atoms with E-state index in [1.165, 1.54) is 24.0 Å². The van der Waals surface area contributed by atoms with Gasteiger partial charge in [-0.15, -0.1) is 0 Å². The van der Waals surface area contributed by atoms with Gasteiger partial charge in [-0.1, -0.05) is 18.2 Å². The summed E-state index contributed by atoms with van der Waals surface area (Å²) in [6, 6.07) is 13.5. The average Bonchev–Trinajstić information content (AvgIpc) is 3.08. The maximum absolute atomic E-state index is 12.3. The minimum Gasteiger partial charge on any atom is -0.426 e. The average molecular weight is 349 g/mol. The number of esters is 1. The van der Waals surface area contributed by atoms with E-state index < -0.39 is 0 Å². The summed E-state index contributed by atoms with van der Waals surface area (Å²) in [5.74, 6) is 0.413. The van der Waals surface area contributed by atoms with Crippen molar-refractivity contribution in [3.8, 4) is 5.75 Å². The molecule has 0 N–H and O–H groups in total. The number of nitrogens with zero attached hydrogens (tertiary/aromatic N) is 1. The summed E-state index contributed by atoms with van der Waals surface area (Å²) in [5.41, 5.74) is 4.67. The predicted molar refractivity (Wildman–Crippen MR) is 100 cm³/mol. The Morgan fingerprint density at radius 3 is 2.42 bits per heavy atom. The normalized spacial score (nSPS) is 16.5. The fraction of sp³-hybridized carbons (Fsp3) is 0.364. The van der Waals surface area contributed by atoms with Gasteiger partial charge in [0.1, 0.15) is 5.75 Å². The molecule has 134 valence electrons. The van der Waals surface area contributed by atoms with Crippen LogP contribution in [-0.4, -0.2) is 18.4 Å². The van der Waals surface area contributed by atoms with Crippen LogP contribution >= 0.6 is 0 Å². The van der Waals surface area contributed by atoms with Crippen molar-refractivity contribution in [1.29, 1.82) is 0 Å². The molecule has 26 heavy (non-hydrogen) atoms. The van der Waals surface area contributed by atoms with E-state index in [0.29, 0.717) is 12.2 Å². The van der Waals surface area contributed by atoms with Gasteiger partial charge in [0, 0.05) is 18.7 Å². The Hall–Kier alpha value is -2.62. The Kier molecular flexibility index (Phi) is 4.74. The van der Waals surface area contributed by atoms with E-state index in [1.54, 1.807) is 17.0 Å². The van der Waals surface area contributed by atoms with Crippen molar-refractivity contribution in [2.45, 2.75) is 44.9 Å². The van der Waals surface area contributed by atoms with Gasteiger partial charge in [0.15, 0.2) is 0 Å². The molecule has 0 unspecified atom stereocenters. The molecule has 0 spiro atoms. The third kappa shape index (κ3) is 3.64. The van der Waals surface area contributed by atoms with Crippen molar-refractivity contribution in [3.05, 3.63) is 59.2 Å². The summed E-state index contributed by atoms with van der Waals surface area (Å²) in [7, 11) is 0. The van der Waals surface area contributed by atoms with Crippen LogP contribution < -0.4 is 9.64 Å². The van der Waals surface area contributed by atoms with Crippen LogP contribution in [0.5, 0.6) is 5.75 Å². The summed E-state index contributed by atoms with van der Waals surface area (Å²) >= 11 is 0. The van der Waals surface area contributed by atoms with Crippen LogP contribution in [0.1, 0.15) is 42.4 Å². The van der Waals surface area contributed by atoms with E-state index in [1.807, 2.05) is 18.2 Å². The zero-order chi connectivity index (χ0) is 17.9. The first-order valence-corrected chi connectivity index (χ1v) is 9.41. The van der Waals surface area contributed by atoms with Gasteiger partial charge in [0.05, 0.1) is 6.42 Å². The number of hydrogen-bond donors (Lipinski definition) is 0. The maximum atomic E-state index is 12.3. The first-order chi connectivity index (χ1) is 12.7. The van der Waals surface area contributed by atoms with Crippen molar-refractivity contribution in [2.75, 3.05) is 11.4 Å². The lowest BCUT2D eigenvalue weighted by Crippen LogP contribution is -2.23. The quantitative estimate of drug-likeness (QED) is 0.622. The second-order valence-corrected chi connectivity index (χ2v) is 7.10. The van der Waals surface area contributed by atoms with Crippen LogP contribution in [-0.2, 0) is 28.9 Å². The van der Waals surface area contributed by atoms with Gasteiger partial charge in [-0.25, -0.2) is 0 Å². The predicted octanol–water partition coefficient (Wildman–Crippen LogP) is 3.84. The molecule has 0 atom stereocenters. The molecule has 4 nitrogen and oxygen atoms in total. The third-order valence-electron chi connectivity index (χ3n) is 5.21. The fourth-order valence-corrected chi connectivity index (χ4v) is 3.85. The molecule has 1 amide bonds. The van der Waals surface area contributed by atoms with Gasteiger partial charge in [-0.3, -0.25) is 9.59 Å². The molecule has 1 saturated heterocycles. The number of aryl methyl sites for hydroxylation is 2. The molecule has 2 aliphatic rings. The van der Waals surface area contributed by atoms with Crippen LogP contribution in [0.15, 0.2) is 42.5 Å². The molecule has 4 rings (SSSR count). The summed E-state index contributed by atoms with van der Waals surface area (Å²) in [6.45, 7) is 0.760. The second-order valence-electron chi connectivity index (χ2n) is 7.10. The first-order valence-electron chi connectivity index (χ1n) is 9.41. The number of benzene rings is 2. The molecular weight excluding hydrogens is 326 g/mol. The highest BCUT2D eigenvalue weighted by atomic mass is 16.5. The van der Waals surface area contributed by atoms with Crippen molar-refractivity contribution in [3.63, 3.8) is 0 Å². The molecule has 1 fully saturated rings. The first kappa shape index (κ1) is 16.8. The molecule has 2 aromatic carbocycles. The largest absolute Gasteiger partial charge is 0.426 e. The number of carbonyl (C=O) groups is 2. The standard InChI is InChI=1S/C22H23NO3/c24-21-6-3-13-23(21)19-9-11-20(12-10-19)26-22(25)15-16-7-8-17-4-1-2-5-18(17)14-16/h7-12,14H,1-6,13,15H2. The molecule has 1 aliphatic carbocycles. The lowest BCUT2D eigenvalue weighted by Gasteiger charge is -2.17. The SMILES string of the molecule is O=C(Cc1ccc2c(c1)CCCC2)Oc1ccc(N2CCCC2=O)cc1. The van der Waals surface area contributed by atoms with Gasteiger partial charge >= 0.3 is 5.97 Å². The molecule has 0 saturated carbocycles. The van der Waals surface area contributed by atoms with Gasteiger partial charge in [-0.05, 0) is 73.1 Å². The number of hydrogen-bond acceptors (Lipinski definition) is 3. The van der Waals surface area contributed by atoms with E-state index in [2.05, 4.69) is 12.1 Å². The number of anilines is 1.